The number of β-amino-alcohol motifs (C(OH)–C–C–N with tert-alkyl or cyclic N) is 1. The molecule has 0 bridgehead atoms. The molecule has 2 heterocycles. The van der Waals surface area contributed by atoms with E-state index in [1.807, 2.05) is 0 Å². The molecule has 1 aromatic heterocycles. The molecule has 1 saturated heterocycles. The smallest absolute Gasteiger partial charge is 0.232 e. The van der Waals surface area contributed by atoms with Gasteiger partial charge in [-0.2, -0.15) is 4.98 Å². The number of hydrogen-bond donors (Lipinski definition) is 1. The summed E-state index contributed by atoms with van der Waals surface area (Å²) in [4.78, 5) is 8.85. The monoisotopic (exact) mass is 282 g/mol. The first-order valence-electron chi connectivity index (χ1n) is 7.15. The topological polar surface area (TPSA) is 65.6 Å². The summed E-state index contributed by atoms with van der Waals surface area (Å²) in [5.74, 6) is 1.36. The lowest BCUT2D eigenvalue weighted by atomic mass is 9.97. The van der Waals surface area contributed by atoms with Gasteiger partial charge < -0.3 is 14.5 Å². The summed E-state index contributed by atoms with van der Waals surface area (Å²) in [5, 5.41) is 13.9. The summed E-state index contributed by atoms with van der Waals surface area (Å²) in [7, 11) is 4.10. The Bertz CT molecular complexity index is 439. The number of aliphatic hydroxyl groups excluding tert-OH is 1. The van der Waals surface area contributed by atoms with Crippen LogP contribution in [0, 0.1) is 0 Å². The summed E-state index contributed by atoms with van der Waals surface area (Å²) < 4.78 is 5.32. The minimum absolute atomic E-state index is 0.126. The maximum atomic E-state index is 9.87. The third-order valence-electron chi connectivity index (χ3n) is 3.54. The average molecular weight is 282 g/mol. The number of likely N-dealkylation sites (N-methyl/N-ethyl adjacent to an activating group) is 1. The fourth-order valence-electron chi connectivity index (χ4n) is 2.57. The normalized spacial score (nSPS) is 24.8. The molecule has 6 nitrogen and oxygen atoms in total. The maximum Gasteiger partial charge on any atom is 0.232 e. The van der Waals surface area contributed by atoms with E-state index in [2.05, 4.69) is 54.8 Å². The van der Waals surface area contributed by atoms with Gasteiger partial charge in [0.2, 0.25) is 5.89 Å². The van der Waals surface area contributed by atoms with Crippen LogP contribution in [-0.4, -0.2) is 64.4 Å². The van der Waals surface area contributed by atoms with E-state index in [1.165, 1.54) is 0 Å². The molecule has 1 aromatic rings. The minimum Gasteiger partial charge on any atom is -0.392 e. The molecule has 6 heteroatoms. The Hall–Kier alpha value is -0.980. The lowest BCUT2D eigenvalue weighted by Gasteiger charge is -2.25. The van der Waals surface area contributed by atoms with Crippen LogP contribution in [0.15, 0.2) is 4.52 Å². The first-order chi connectivity index (χ1) is 9.25. The molecule has 0 radical (unpaired) electrons. The van der Waals surface area contributed by atoms with Crippen molar-refractivity contribution in [2.45, 2.75) is 51.3 Å². The predicted molar refractivity (Wildman–Crippen MR) is 76.4 cm³/mol. The molecule has 2 rings (SSSR count). The minimum atomic E-state index is -0.256. The Morgan fingerprint density at radius 2 is 2.10 bits per heavy atom. The molecular weight excluding hydrogens is 256 g/mol. The lowest BCUT2D eigenvalue weighted by Crippen LogP contribution is -2.37. The average Bonchev–Trinajstić information content (AvgIpc) is 2.85. The van der Waals surface area contributed by atoms with Crippen molar-refractivity contribution in [1.29, 1.82) is 0 Å². The van der Waals surface area contributed by atoms with Crippen LogP contribution in [0.5, 0.6) is 0 Å². The van der Waals surface area contributed by atoms with Gasteiger partial charge in [0.1, 0.15) is 0 Å². The van der Waals surface area contributed by atoms with E-state index in [-0.39, 0.29) is 11.5 Å². The maximum absolute atomic E-state index is 9.87. The second-order valence-corrected chi connectivity index (χ2v) is 7.00. The summed E-state index contributed by atoms with van der Waals surface area (Å²) in [6, 6.07) is 0.344. The van der Waals surface area contributed by atoms with Crippen LogP contribution < -0.4 is 0 Å². The van der Waals surface area contributed by atoms with Crippen LogP contribution in [-0.2, 0) is 12.0 Å². The fraction of sp³-hybridized carbons (Fsp3) is 0.857. The first-order valence-corrected chi connectivity index (χ1v) is 7.15. The molecule has 0 spiro atoms. The molecule has 0 aliphatic carbocycles. The van der Waals surface area contributed by atoms with Crippen LogP contribution in [0.4, 0.5) is 0 Å². The second kappa shape index (κ2) is 5.79. The molecule has 2 atom stereocenters. The van der Waals surface area contributed by atoms with E-state index in [4.69, 9.17) is 4.52 Å². The summed E-state index contributed by atoms with van der Waals surface area (Å²) in [6.07, 6.45) is 0.552. The van der Waals surface area contributed by atoms with Crippen LogP contribution in [0.25, 0.3) is 0 Å². The van der Waals surface area contributed by atoms with Gasteiger partial charge in [0.15, 0.2) is 5.82 Å². The van der Waals surface area contributed by atoms with Crippen molar-refractivity contribution < 1.29 is 9.63 Å². The Balaban J connectivity index is 2.02. The Labute approximate surface area is 120 Å². The SMILES string of the molecule is CN(C)CC1CC(O)CN1Cc1noc(C(C)(C)C)n1. The highest BCUT2D eigenvalue weighted by molar-refractivity contribution is 4.99. The fourth-order valence-corrected chi connectivity index (χ4v) is 2.57. The van der Waals surface area contributed by atoms with Crippen LogP contribution in [0.2, 0.25) is 0 Å². The zero-order valence-corrected chi connectivity index (χ0v) is 13.1. The Morgan fingerprint density at radius 1 is 1.40 bits per heavy atom. The van der Waals surface area contributed by atoms with Crippen LogP contribution in [0.1, 0.15) is 38.9 Å². The standard InChI is InChI=1S/C14H26N4O2/c1-14(2,3)13-15-12(16-20-13)9-18-8-11(19)6-10(18)7-17(4)5/h10-11,19H,6-9H2,1-5H3. The molecule has 0 saturated carbocycles. The van der Waals surface area contributed by atoms with Gasteiger partial charge in [-0.3, -0.25) is 4.90 Å². The van der Waals surface area contributed by atoms with E-state index in [9.17, 15) is 5.11 Å². The third kappa shape index (κ3) is 3.77. The van der Waals surface area contributed by atoms with Gasteiger partial charge in [-0.15, -0.1) is 0 Å². The molecule has 1 aliphatic heterocycles. The highest BCUT2D eigenvalue weighted by atomic mass is 16.5. The summed E-state index contributed by atoms with van der Waals surface area (Å²) in [6.45, 7) is 8.41. The van der Waals surface area contributed by atoms with E-state index in [0.717, 1.165) is 13.0 Å². The van der Waals surface area contributed by atoms with Gasteiger partial charge in [0.05, 0.1) is 12.6 Å². The zero-order chi connectivity index (χ0) is 14.9. The van der Waals surface area contributed by atoms with Gasteiger partial charge in [-0.1, -0.05) is 25.9 Å². The van der Waals surface area contributed by atoms with Crippen LogP contribution >= 0.6 is 0 Å². The molecule has 0 amide bonds. The number of aromatic nitrogens is 2. The quantitative estimate of drug-likeness (QED) is 0.884. The highest BCUT2D eigenvalue weighted by Crippen LogP contribution is 2.23. The van der Waals surface area contributed by atoms with Crippen molar-refractivity contribution in [3.05, 3.63) is 11.7 Å². The molecule has 1 aliphatic rings. The van der Waals surface area contributed by atoms with E-state index >= 15 is 0 Å². The third-order valence-corrected chi connectivity index (χ3v) is 3.54. The van der Waals surface area contributed by atoms with Gasteiger partial charge >= 0.3 is 0 Å². The molecular formula is C14H26N4O2. The van der Waals surface area contributed by atoms with Crippen molar-refractivity contribution in [2.75, 3.05) is 27.2 Å². The van der Waals surface area contributed by atoms with Gasteiger partial charge in [-0.05, 0) is 20.5 Å². The van der Waals surface area contributed by atoms with Crippen molar-refractivity contribution in [3.8, 4) is 0 Å². The Morgan fingerprint density at radius 3 is 2.65 bits per heavy atom. The lowest BCUT2D eigenvalue weighted by molar-refractivity contribution is 0.166. The largest absolute Gasteiger partial charge is 0.392 e. The molecule has 20 heavy (non-hydrogen) atoms. The second-order valence-electron chi connectivity index (χ2n) is 7.00. The van der Waals surface area contributed by atoms with Crippen LogP contribution in [0.3, 0.4) is 0 Å². The number of hydrogen-bond acceptors (Lipinski definition) is 6. The summed E-state index contributed by atoms with van der Waals surface area (Å²) >= 11 is 0. The molecule has 1 fully saturated rings. The molecule has 1 N–H and O–H groups in total. The van der Waals surface area contributed by atoms with Crippen molar-refractivity contribution >= 4 is 0 Å². The number of rotatable bonds is 4. The van der Waals surface area contributed by atoms with Gasteiger partial charge in [0, 0.05) is 24.5 Å². The Kier molecular flexibility index (Phi) is 4.46. The number of nitrogens with zero attached hydrogens (tertiary/aromatic N) is 4. The number of likely N-dealkylation sites (tertiary alicyclic amines) is 1. The van der Waals surface area contributed by atoms with E-state index in [1.54, 1.807) is 0 Å². The van der Waals surface area contributed by atoms with E-state index < -0.39 is 0 Å². The molecule has 2 unspecified atom stereocenters. The molecule has 114 valence electrons. The number of aliphatic hydroxyl groups is 1. The van der Waals surface area contributed by atoms with Gasteiger partial charge in [-0.25, -0.2) is 0 Å². The molecule has 0 aromatic carbocycles. The highest BCUT2D eigenvalue weighted by Gasteiger charge is 2.32. The summed E-state index contributed by atoms with van der Waals surface area (Å²) in [5.41, 5.74) is -0.126. The van der Waals surface area contributed by atoms with Gasteiger partial charge in [0.25, 0.3) is 0 Å². The van der Waals surface area contributed by atoms with Crippen molar-refractivity contribution in [2.24, 2.45) is 0 Å². The van der Waals surface area contributed by atoms with Crippen molar-refractivity contribution in [1.82, 2.24) is 19.9 Å². The van der Waals surface area contributed by atoms with E-state index in [0.29, 0.717) is 30.8 Å². The van der Waals surface area contributed by atoms with Crippen molar-refractivity contribution in [3.63, 3.8) is 0 Å². The predicted octanol–water partition coefficient (Wildman–Crippen LogP) is 0.864. The first kappa shape index (κ1) is 15.4. The zero-order valence-electron chi connectivity index (χ0n) is 13.1.